The van der Waals surface area contributed by atoms with Crippen molar-refractivity contribution in [3.63, 3.8) is 0 Å². The van der Waals surface area contributed by atoms with E-state index in [0.29, 0.717) is 0 Å². The quantitative estimate of drug-likeness (QED) is 0.0496. The summed E-state index contributed by atoms with van der Waals surface area (Å²) in [5, 5.41) is 0. The van der Waals surface area contributed by atoms with Gasteiger partial charge in [0.05, 0.1) is 0 Å². The number of hydrogen-bond donors (Lipinski definition) is 0. The Morgan fingerprint density at radius 1 is 0.395 bits per heavy atom. The van der Waals surface area contributed by atoms with E-state index in [1.54, 1.807) is 0 Å². The van der Waals surface area contributed by atoms with Crippen LogP contribution in [-0.2, 0) is 9.30 Å². The Bertz CT molecular complexity index is 447. The summed E-state index contributed by atoms with van der Waals surface area (Å²) in [4.78, 5) is 25.6. The van der Waals surface area contributed by atoms with Crippen molar-refractivity contribution in [2.24, 2.45) is 0 Å². The fraction of sp³-hybridized carbons (Fsp3) is 0.941. The van der Waals surface area contributed by atoms with E-state index in [0.717, 1.165) is 13.2 Å². The van der Waals surface area contributed by atoms with Crippen LogP contribution in [0, 0.1) is 0 Å². The molecule has 0 aliphatic rings. The van der Waals surface area contributed by atoms with E-state index in [4.69, 9.17) is 24.0 Å². The first kappa shape index (κ1) is 58.0. The van der Waals surface area contributed by atoms with Gasteiger partial charge >= 0.3 is 88.7 Å². The van der Waals surface area contributed by atoms with Gasteiger partial charge in [0.1, 0.15) is 0 Å². The number of ether oxygens (including phenoxy) is 1. The van der Waals surface area contributed by atoms with Gasteiger partial charge in [0.2, 0.25) is 0 Å². The summed E-state index contributed by atoms with van der Waals surface area (Å²) < 4.78 is 14.4. The summed E-state index contributed by atoms with van der Waals surface area (Å²) in [6.07, 6.45) is 40.1. The van der Waals surface area contributed by atoms with Gasteiger partial charge in [0.15, 0.2) is 0 Å². The molecule has 0 rings (SSSR count). The van der Waals surface area contributed by atoms with Crippen LogP contribution in [0.5, 0.6) is 0 Å². The molecule has 0 atom stereocenters. The average Bonchev–Trinajstić information content (AvgIpc) is 2.92. The van der Waals surface area contributed by atoms with Crippen LogP contribution in [0.2, 0.25) is 0 Å². The predicted molar refractivity (Wildman–Crippen MR) is 170 cm³/mol. The van der Waals surface area contributed by atoms with Crippen molar-refractivity contribution in [1.29, 1.82) is 0 Å². The van der Waals surface area contributed by atoms with Gasteiger partial charge in [-0.2, -0.15) is 7.82 Å². The summed E-state index contributed by atoms with van der Waals surface area (Å²) >= 11 is 0. The van der Waals surface area contributed by atoms with Crippen LogP contribution in [0.15, 0.2) is 13.2 Å². The maximum absolute atomic E-state index is 8.55. The van der Waals surface area contributed by atoms with E-state index in [1.165, 1.54) is 180 Å². The van der Waals surface area contributed by atoms with Gasteiger partial charge in [-0.05, 0) is 12.8 Å². The topological polar surface area (TPSA) is 95.5 Å². The first-order valence-electron chi connectivity index (χ1n) is 17.2. The summed E-state index contributed by atoms with van der Waals surface area (Å²) in [7, 11) is -5.39. The van der Waals surface area contributed by atoms with Crippen molar-refractivity contribution < 1.29 is 113 Å². The normalized spacial score (nSPS) is 10.3. The Balaban J connectivity index is -0.000000308. The molecular weight excluding hydrogens is 588 g/mol. The van der Waals surface area contributed by atoms with Crippen molar-refractivity contribution in [2.45, 2.75) is 194 Å². The fourth-order valence-electron chi connectivity index (χ4n) is 4.90. The molecular formula is C34H70Na3O5P. The van der Waals surface area contributed by atoms with E-state index in [1.807, 2.05) is 0 Å². The first-order valence-corrected chi connectivity index (χ1v) is 18.7. The minimum absolute atomic E-state index is 0. The van der Waals surface area contributed by atoms with Crippen molar-refractivity contribution in [2.75, 3.05) is 13.2 Å². The second-order valence-electron chi connectivity index (χ2n) is 11.3. The second kappa shape index (κ2) is 54.3. The molecule has 0 heterocycles. The fourth-order valence-corrected chi connectivity index (χ4v) is 4.90. The molecule has 0 N–H and O–H groups in total. The SMILES string of the molecule is C=C.CCCCCCCCCCCCCCCCOCCCCCCCCCCCCCCCC.O=P([O-])([O-])[O-].[Na+].[Na+].[Na+]. The summed E-state index contributed by atoms with van der Waals surface area (Å²) in [5.74, 6) is 0. The molecule has 0 aliphatic heterocycles. The van der Waals surface area contributed by atoms with Crippen molar-refractivity contribution in [3.05, 3.63) is 13.2 Å². The van der Waals surface area contributed by atoms with Crippen molar-refractivity contribution in [1.82, 2.24) is 0 Å². The molecule has 0 amide bonds. The third-order valence-corrected chi connectivity index (χ3v) is 7.28. The molecule has 0 spiro atoms. The van der Waals surface area contributed by atoms with Gasteiger partial charge in [-0.3, -0.25) is 0 Å². The maximum atomic E-state index is 8.55. The molecule has 5 nitrogen and oxygen atoms in total. The largest absolute Gasteiger partial charge is 1.00 e. The Hall–Kier alpha value is 2.81. The summed E-state index contributed by atoms with van der Waals surface area (Å²) in [6, 6.07) is 0. The van der Waals surface area contributed by atoms with E-state index >= 15 is 0 Å². The van der Waals surface area contributed by atoms with Crippen LogP contribution >= 0.6 is 7.82 Å². The molecule has 0 aromatic heterocycles. The molecule has 9 heteroatoms. The maximum Gasteiger partial charge on any atom is 1.00 e. The third kappa shape index (κ3) is 76.3. The van der Waals surface area contributed by atoms with E-state index in [-0.39, 0.29) is 88.7 Å². The molecule has 0 radical (unpaired) electrons. The Kier molecular flexibility index (Phi) is 73.2. The van der Waals surface area contributed by atoms with Crippen LogP contribution in [0.1, 0.15) is 194 Å². The Labute approximate surface area is 336 Å². The van der Waals surface area contributed by atoms with Crippen LogP contribution in [-0.4, -0.2) is 13.2 Å². The van der Waals surface area contributed by atoms with Crippen molar-refractivity contribution in [3.8, 4) is 0 Å². The number of rotatable bonds is 30. The second-order valence-corrected chi connectivity index (χ2v) is 12.1. The molecule has 0 aromatic rings. The number of unbranched alkanes of at least 4 members (excludes halogenated alkanes) is 26. The monoisotopic (exact) mass is 658 g/mol. The molecule has 0 bridgehead atoms. The molecule has 0 unspecified atom stereocenters. The smallest absolute Gasteiger partial charge is 0.822 e. The molecule has 0 saturated carbocycles. The molecule has 43 heavy (non-hydrogen) atoms. The number of phosphoric acid groups is 1. The van der Waals surface area contributed by atoms with E-state index in [2.05, 4.69) is 27.0 Å². The van der Waals surface area contributed by atoms with E-state index in [9.17, 15) is 0 Å². The summed E-state index contributed by atoms with van der Waals surface area (Å²) in [5.41, 5.74) is 0. The standard InChI is InChI=1S/C32H66O.C2H4.3Na.H3O4P/c1-3-5-7-9-11-13-15-17-19-21-23-25-27-29-31-33-32-30-28-26-24-22-20-18-16-14-12-10-8-6-4-2;1-2;;;;1-5(2,3)4/h3-32H2,1-2H3;1-2H2;;;;(H3,1,2,3,4)/q;;3*+1;/p-3. The van der Waals surface area contributed by atoms with Crippen molar-refractivity contribution >= 4 is 7.82 Å². The van der Waals surface area contributed by atoms with E-state index < -0.39 is 7.82 Å². The van der Waals surface area contributed by atoms with Gasteiger partial charge in [0, 0.05) is 13.2 Å². The van der Waals surface area contributed by atoms with Gasteiger partial charge in [-0.1, -0.05) is 181 Å². The molecule has 0 fully saturated rings. The average molecular weight is 659 g/mol. The van der Waals surface area contributed by atoms with Crippen LogP contribution in [0.4, 0.5) is 0 Å². The summed E-state index contributed by atoms with van der Waals surface area (Å²) in [6.45, 7) is 12.6. The zero-order valence-corrected chi connectivity index (χ0v) is 37.0. The predicted octanol–water partition coefficient (Wildman–Crippen LogP) is 0.955. The minimum atomic E-state index is -5.39. The van der Waals surface area contributed by atoms with Crippen LogP contribution in [0.3, 0.4) is 0 Å². The molecule has 0 aromatic carbocycles. The van der Waals surface area contributed by atoms with Gasteiger partial charge in [0.25, 0.3) is 0 Å². The van der Waals surface area contributed by atoms with Crippen LogP contribution in [0.25, 0.3) is 0 Å². The third-order valence-electron chi connectivity index (χ3n) is 7.28. The van der Waals surface area contributed by atoms with Gasteiger partial charge in [-0.25, -0.2) is 0 Å². The van der Waals surface area contributed by atoms with Crippen LogP contribution < -0.4 is 103 Å². The molecule has 0 saturated heterocycles. The zero-order valence-electron chi connectivity index (χ0n) is 30.1. The zero-order chi connectivity index (χ0) is 30.4. The minimum Gasteiger partial charge on any atom is -0.822 e. The Morgan fingerprint density at radius 2 is 0.535 bits per heavy atom. The first-order chi connectivity index (χ1) is 19.4. The number of hydrogen-bond acceptors (Lipinski definition) is 5. The molecule has 0 aliphatic carbocycles. The Morgan fingerprint density at radius 3 is 0.698 bits per heavy atom. The van der Waals surface area contributed by atoms with Gasteiger partial charge < -0.3 is 24.0 Å². The van der Waals surface area contributed by atoms with Gasteiger partial charge in [-0.15, -0.1) is 13.2 Å². The molecule has 244 valence electrons.